The van der Waals surface area contributed by atoms with Crippen molar-refractivity contribution in [3.63, 3.8) is 0 Å². The van der Waals surface area contributed by atoms with Gasteiger partial charge in [-0.05, 0) is 31.2 Å². The van der Waals surface area contributed by atoms with E-state index in [2.05, 4.69) is 23.3 Å². The largest absolute Gasteiger partial charge is 0.481 e. The van der Waals surface area contributed by atoms with Gasteiger partial charge < -0.3 is 10.1 Å². The first-order valence-electron chi connectivity index (χ1n) is 7.52. The third kappa shape index (κ3) is 4.50. The van der Waals surface area contributed by atoms with Crippen molar-refractivity contribution in [2.45, 2.75) is 58.0 Å². The van der Waals surface area contributed by atoms with Crippen LogP contribution in [-0.4, -0.2) is 18.1 Å². The monoisotopic (exact) mass is 262 g/mol. The minimum atomic E-state index is 0.597. The number of pyridine rings is 1. The van der Waals surface area contributed by atoms with E-state index >= 15 is 0 Å². The molecule has 1 heterocycles. The predicted molar refractivity (Wildman–Crippen MR) is 78.3 cm³/mol. The summed E-state index contributed by atoms with van der Waals surface area (Å²) < 4.78 is 5.07. The highest BCUT2D eigenvalue weighted by atomic mass is 16.5. The molecule has 19 heavy (non-hydrogen) atoms. The predicted octanol–water partition coefficient (Wildman–Crippen LogP) is 3.54. The Balaban J connectivity index is 1.79. The summed E-state index contributed by atoms with van der Waals surface area (Å²) in [7, 11) is 1.65. The number of ether oxygens (including phenoxy) is 1. The highest BCUT2D eigenvalue weighted by molar-refractivity contribution is 5.17. The molecule has 0 spiro atoms. The van der Waals surface area contributed by atoms with Crippen LogP contribution in [0.2, 0.25) is 0 Å². The topological polar surface area (TPSA) is 34.1 Å². The maximum atomic E-state index is 5.07. The second-order valence-corrected chi connectivity index (χ2v) is 5.63. The zero-order valence-electron chi connectivity index (χ0n) is 12.2. The van der Waals surface area contributed by atoms with Crippen LogP contribution in [0.4, 0.5) is 0 Å². The van der Waals surface area contributed by atoms with E-state index < -0.39 is 0 Å². The molecule has 0 radical (unpaired) electrons. The van der Waals surface area contributed by atoms with Gasteiger partial charge in [0.2, 0.25) is 5.88 Å². The molecule has 3 heteroatoms. The molecule has 0 aliphatic heterocycles. The van der Waals surface area contributed by atoms with Gasteiger partial charge in [0, 0.05) is 24.8 Å². The molecule has 0 amide bonds. The van der Waals surface area contributed by atoms with Crippen LogP contribution in [0.3, 0.4) is 0 Å². The summed E-state index contributed by atoms with van der Waals surface area (Å²) in [5.41, 5.74) is 1.22. The minimum absolute atomic E-state index is 0.597. The van der Waals surface area contributed by atoms with Crippen LogP contribution in [0.5, 0.6) is 5.88 Å². The summed E-state index contributed by atoms with van der Waals surface area (Å²) in [5, 5.41) is 3.65. The number of nitrogens with one attached hydrogen (secondary N) is 1. The average molecular weight is 262 g/mol. The van der Waals surface area contributed by atoms with Crippen LogP contribution in [0, 0.1) is 5.92 Å². The molecule has 1 fully saturated rings. The Morgan fingerprint density at radius 2 is 2.00 bits per heavy atom. The molecule has 3 nitrogen and oxygen atoms in total. The Labute approximate surface area is 116 Å². The molecule has 2 rings (SSSR count). The number of rotatable bonds is 5. The van der Waals surface area contributed by atoms with Crippen molar-refractivity contribution >= 4 is 0 Å². The highest BCUT2D eigenvalue weighted by Gasteiger charge is 2.18. The van der Waals surface area contributed by atoms with Crippen LogP contribution < -0.4 is 10.1 Å². The second kappa shape index (κ2) is 7.49. The maximum Gasteiger partial charge on any atom is 0.212 e. The third-order valence-corrected chi connectivity index (χ3v) is 4.24. The second-order valence-electron chi connectivity index (χ2n) is 5.63. The van der Waals surface area contributed by atoms with E-state index in [4.69, 9.17) is 4.74 Å². The van der Waals surface area contributed by atoms with E-state index in [9.17, 15) is 0 Å². The Kier molecular flexibility index (Phi) is 5.64. The van der Waals surface area contributed by atoms with Crippen molar-refractivity contribution < 1.29 is 4.74 Å². The Bertz CT molecular complexity index is 356. The van der Waals surface area contributed by atoms with Crippen LogP contribution >= 0.6 is 0 Å². The molecule has 1 aliphatic rings. The molecule has 106 valence electrons. The Hall–Kier alpha value is -1.09. The quantitative estimate of drug-likeness (QED) is 0.824. The Morgan fingerprint density at radius 3 is 2.58 bits per heavy atom. The van der Waals surface area contributed by atoms with Crippen LogP contribution in [0.25, 0.3) is 0 Å². The third-order valence-electron chi connectivity index (χ3n) is 4.24. The van der Waals surface area contributed by atoms with Gasteiger partial charge in [-0.2, -0.15) is 0 Å². The van der Waals surface area contributed by atoms with Gasteiger partial charge in [-0.15, -0.1) is 0 Å². The molecular formula is C16H26N2O. The SMILES string of the molecule is COc1ccc(CN[C@H](C)C2CCCCCC2)cn1. The van der Waals surface area contributed by atoms with E-state index in [1.54, 1.807) is 7.11 Å². The molecule has 1 saturated carbocycles. The molecule has 1 aromatic heterocycles. The number of hydrogen-bond acceptors (Lipinski definition) is 3. The lowest BCUT2D eigenvalue weighted by Crippen LogP contribution is -2.32. The minimum Gasteiger partial charge on any atom is -0.481 e. The van der Waals surface area contributed by atoms with E-state index in [0.29, 0.717) is 11.9 Å². The zero-order chi connectivity index (χ0) is 13.5. The van der Waals surface area contributed by atoms with E-state index in [-0.39, 0.29) is 0 Å². The molecule has 0 aromatic carbocycles. The van der Waals surface area contributed by atoms with Crippen molar-refractivity contribution in [2.24, 2.45) is 5.92 Å². The van der Waals surface area contributed by atoms with Gasteiger partial charge in [0.1, 0.15) is 0 Å². The lowest BCUT2D eigenvalue weighted by molar-refractivity contribution is 0.336. The average Bonchev–Trinajstić information content (AvgIpc) is 2.74. The van der Waals surface area contributed by atoms with Gasteiger partial charge in [-0.3, -0.25) is 0 Å². The van der Waals surface area contributed by atoms with Crippen molar-refractivity contribution in [2.75, 3.05) is 7.11 Å². The van der Waals surface area contributed by atoms with E-state index in [0.717, 1.165) is 12.5 Å². The molecular weight excluding hydrogens is 236 g/mol. The standard InChI is InChI=1S/C16H26N2O/c1-13(15-7-5-3-4-6-8-15)17-11-14-9-10-16(19-2)18-12-14/h9-10,12-13,15,17H,3-8,11H2,1-2H3/t13-/m1/s1. The molecule has 1 aliphatic carbocycles. The van der Waals surface area contributed by atoms with Crippen LogP contribution in [-0.2, 0) is 6.54 Å². The molecule has 0 unspecified atom stereocenters. The lowest BCUT2D eigenvalue weighted by atomic mass is 9.93. The first kappa shape index (κ1) is 14.3. The van der Waals surface area contributed by atoms with Gasteiger partial charge in [0.05, 0.1) is 7.11 Å². The first-order valence-corrected chi connectivity index (χ1v) is 7.52. The fourth-order valence-corrected chi connectivity index (χ4v) is 2.89. The summed E-state index contributed by atoms with van der Waals surface area (Å²) in [4.78, 5) is 4.24. The first-order chi connectivity index (χ1) is 9.29. The fraction of sp³-hybridized carbons (Fsp3) is 0.688. The molecule has 0 saturated heterocycles. The van der Waals surface area contributed by atoms with Gasteiger partial charge >= 0.3 is 0 Å². The van der Waals surface area contributed by atoms with E-state index in [1.807, 2.05) is 12.3 Å². The number of hydrogen-bond donors (Lipinski definition) is 1. The van der Waals surface area contributed by atoms with Crippen molar-refractivity contribution in [3.8, 4) is 5.88 Å². The summed E-state index contributed by atoms with van der Waals surface area (Å²) >= 11 is 0. The maximum absolute atomic E-state index is 5.07. The van der Waals surface area contributed by atoms with Gasteiger partial charge in [-0.25, -0.2) is 4.98 Å². The smallest absolute Gasteiger partial charge is 0.212 e. The summed E-state index contributed by atoms with van der Waals surface area (Å²) in [6, 6.07) is 4.60. The number of aromatic nitrogens is 1. The van der Waals surface area contributed by atoms with Crippen molar-refractivity contribution in [3.05, 3.63) is 23.9 Å². The number of methoxy groups -OCH3 is 1. The normalized spacial score (nSPS) is 18.8. The van der Waals surface area contributed by atoms with Crippen molar-refractivity contribution in [1.82, 2.24) is 10.3 Å². The van der Waals surface area contributed by atoms with Crippen LogP contribution in [0.1, 0.15) is 51.0 Å². The molecule has 1 atom stereocenters. The lowest BCUT2D eigenvalue weighted by Gasteiger charge is -2.23. The summed E-state index contributed by atoms with van der Waals surface area (Å²) in [6.45, 7) is 3.22. The number of nitrogens with zero attached hydrogens (tertiary/aromatic N) is 1. The summed E-state index contributed by atoms with van der Waals surface area (Å²) in [5.74, 6) is 1.52. The molecule has 1 N–H and O–H groups in total. The van der Waals surface area contributed by atoms with Gasteiger partial charge in [-0.1, -0.05) is 31.7 Å². The highest BCUT2D eigenvalue weighted by Crippen LogP contribution is 2.25. The summed E-state index contributed by atoms with van der Waals surface area (Å²) in [6.07, 6.45) is 10.3. The van der Waals surface area contributed by atoms with Gasteiger partial charge in [0.25, 0.3) is 0 Å². The van der Waals surface area contributed by atoms with Gasteiger partial charge in [0.15, 0.2) is 0 Å². The Morgan fingerprint density at radius 1 is 1.26 bits per heavy atom. The fourth-order valence-electron chi connectivity index (χ4n) is 2.89. The van der Waals surface area contributed by atoms with Crippen LogP contribution in [0.15, 0.2) is 18.3 Å². The molecule has 1 aromatic rings. The van der Waals surface area contributed by atoms with Crippen molar-refractivity contribution in [1.29, 1.82) is 0 Å². The molecule has 0 bridgehead atoms. The van der Waals surface area contributed by atoms with E-state index in [1.165, 1.54) is 44.1 Å². The zero-order valence-corrected chi connectivity index (χ0v) is 12.2.